The van der Waals surface area contributed by atoms with Gasteiger partial charge in [0.15, 0.2) is 0 Å². The molecule has 23 heavy (non-hydrogen) atoms. The lowest BCUT2D eigenvalue weighted by Gasteiger charge is -2.31. The Morgan fingerprint density at radius 1 is 1.17 bits per heavy atom. The predicted octanol–water partition coefficient (Wildman–Crippen LogP) is 2.92. The van der Waals surface area contributed by atoms with Crippen LogP contribution in [0.15, 0.2) is 54.6 Å². The minimum absolute atomic E-state index is 0. The summed E-state index contributed by atoms with van der Waals surface area (Å²) in [7, 11) is 0. The Labute approximate surface area is 142 Å². The van der Waals surface area contributed by atoms with Crippen LogP contribution in [0.3, 0.4) is 0 Å². The number of nitrogens with two attached hydrogens (primary N) is 1. The van der Waals surface area contributed by atoms with Gasteiger partial charge in [-0.05, 0) is 18.6 Å². The van der Waals surface area contributed by atoms with Gasteiger partial charge in [-0.25, -0.2) is 0 Å². The lowest BCUT2D eigenvalue weighted by atomic mass is 9.91. The van der Waals surface area contributed by atoms with Crippen LogP contribution in [0.4, 0.5) is 0 Å². The summed E-state index contributed by atoms with van der Waals surface area (Å²) in [4.78, 5) is 12.7. The van der Waals surface area contributed by atoms with Crippen molar-refractivity contribution in [3.8, 4) is 5.75 Å². The molecule has 5 heteroatoms. The third-order valence-corrected chi connectivity index (χ3v) is 4.11. The number of rotatable bonds is 3. The molecule has 122 valence electrons. The molecule has 2 aromatic carbocycles. The van der Waals surface area contributed by atoms with E-state index < -0.39 is 5.54 Å². The molecular weight excluding hydrogens is 312 g/mol. The topological polar surface area (TPSA) is 64.4 Å². The molecule has 1 heterocycles. The molecule has 3 N–H and O–H groups in total. The van der Waals surface area contributed by atoms with Crippen LogP contribution in [0.2, 0.25) is 0 Å². The molecule has 2 atom stereocenters. The molecule has 0 radical (unpaired) electrons. The van der Waals surface area contributed by atoms with Gasteiger partial charge in [-0.2, -0.15) is 0 Å². The van der Waals surface area contributed by atoms with Gasteiger partial charge in [-0.3, -0.25) is 4.79 Å². The van der Waals surface area contributed by atoms with Crippen LogP contribution in [0.25, 0.3) is 0 Å². The Kier molecular flexibility index (Phi) is 5.29. The summed E-state index contributed by atoms with van der Waals surface area (Å²) in [6.07, 6.45) is 0.744. The minimum atomic E-state index is -1.06. The van der Waals surface area contributed by atoms with Crippen LogP contribution in [0, 0.1) is 0 Å². The number of nitrogens with one attached hydrogen (secondary N) is 1. The first kappa shape index (κ1) is 17.3. The predicted molar refractivity (Wildman–Crippen MR) is 92.7 cm³/mol. The van der Waals surface area contributed by atoms with Crippen molar-refractivity contribution in [2.45, 2.75) is 24.9 Å². The highest BCUT2D eigenvalue weighted by molar-refractivity contribution is 5.87. The van der Waals surface area contributed by atoms with Crippen molar-refractivity contribution >= 4 is 18.3 Å². The Balaban J connectivity index is 0.00000192. The number of ether oxygens (including phenoxy) is 1. The van der Waals surface area contributed by atoms with Gasteiger partial charge in [-0.15, -0.1) is 12.4 Å². The van der Waals surface area contributed by atoms with Crippen molar-refractivity contribution in [3.05, 3.63) is 65.7 Å². The molecule has 2 unspecified atom stereocenters. The van der Waals surface area contributed by atoms with Gasteiger partial charge in [0, 0.05) is 12.0 Å². The summed E-state index contributed by atoms with van der Waals surface area (Å²) in [6.45, 7) is 2.33. The summed E-state index contributed by atoms with van der Waals surface area (Å²) in [5.41, 5.74) is 7.02. The fraction of sp³-hybridized carbons (Fsp3) is 0.278. The maximum atomic E-state index is 12.7. The van der Waals surface area contributed by atoms with Crippen molar-refractivity contribution in [2.24, 2.45) is 5.73 Å². The normalized spacial score (nSPS) is 18.6. The van der Waals surface area contributed by atoms with Crippen molar-refractivity contribution < 1.29 is 9.53 Å². The largest absolute Gasteiger partial charge is 0.493 e. The molecule has 4 nitrogen and oxygen atoms in total. The first-order valence-corrected chi connectivity index (χ1v) is 7.46. The summed E-state index contributed by atoms with van der Waals surface area (Å²) >= 11 is 0. The molecule has 0 aromatic heterocycles. The summed E-state index contributed by atoms with van der Waals surface area (Å²) < 4.78 is 5.62. The maximum absolute atomic E-state index is 12.7. The van der Waals surface area contributed by atoms with E-state index in [0.717, 1.165) is 23.3 Å². The van der Waals surface area contributed by atoms with Crippen molar-refractivity contribution in [1.82, 2.24) is 5.32 Å². The molecule has 0 aliphatic carbocycles. The van der Waals surface area contributed by atoms with Crippen LogP contribution in [-0.4, -0.2) is 12.5 Å². The standard InChI is InChI=1S/C18H20N2O2.ClH/c1-18(19,13-7-3-2-4-8-13)17(21)20-15-11-12-22-16-10-6-5-9-14(15)16;/h2-10,15H,11-12,19H2,1H3,(H,20,21);1H. The molecule has 1 amide bonds. The number of carbonyl (C=O) groups is 1. The van der Waals surface area contributed by atoms with Crippen LogP contribution in [-0.2, 0) is 10.3 Å². The Morgan fingerprint density at radius 2 is 1.83 bits per heavy atom. The van der Waals surface area contributed by atoms with E-state index in [-0.39, 0.29) is 24.4 Å². The number of amides is 1. The quantitative estimate of drug-likeness (QED) is 0.908. The van der Waals surface area contributed by atoms with Crippen LogP contribution in [0.1, 0.15) is 30.5 Å². The summed E-state index contributed by atoms with van der Waals surface area (Å²) in [6, 6.07) is 17.1. The average molecular weight is 333 g/mol. The van der Waals surface area contributed by atoms with Crippen LogP contribution >= 0.6 is 12.4 Å². The second-order valence-electron chi connectivity index (χ2n) is 5.77. The average Bonchev–Trinajstić information content (AvgIpc) is 2.56. The maximum Gasteiger partial charge on any atom is 0.244 e. The fourth-order valence-electron chi connectivity index (χ4n) is 2.72. The summed E-state index contributed by atoms with van der Waals surface area (Å²) in [5, 5.41) is 3.07. The van der Waals surface area contributed by atoms with Gasteiger partial charge in [0.1, 0.15) is 11.3 Å². The first-order valence-electron chi connectivity index (χ1n) is 7.46. The number of benzene rings is 2. The SMILES string of the molecule is CC(N)(C(=O)NC1CCOc2ccccc21)c1ccccc1.Cl. The molecule has 0 bridgehead atoms. The molecule has 0 spiro atoms. The monoisotopic (exact) mass is 332 g/mol. The van der Waals surface area contributed by atoms with Gasteiger partial charge in [-0.1, -0.05) is 48.5 Å². The molecule has 1 aliphatic heterocycles. The van der Waals surface area contributed by atoms with Gasteiger partial charge < -0.3 is 15.8 Å². The number of hydrogen-bond acceptors (Lipinski definition) is 3. The van der Waals surface area contributed by atoms with E-state index in [0.29, 0.717) is 6.61 Å². The molecular formula is C18H21ClN2O2. The number of para-hydroxylation sites is 1. The molecule has 0 fully saturated rings. The highest BCUT2D eigenvalue weighted by atomic mass is 35.5. The zero-order valence-electron chi connectivity index (χ0n) is 13.0. The number of fused-ring (bicyclic) bond motifs is 1. The number of hydrogen-bond donors (Lipinski definition) is 2. The molecule has 2 aromatic rings. The van der Waals surface area contributed by atoms with Crippen molar-refractivity contribution in [3.63, 3.8) is 0 Å². The van der Waals surface area contributed by atoms with Crippen molar-refractivity contribution in [2.75, 3.05) is 6.61 Å². The summed E-state index contributed by atoms with van der Waals surface area (Å²) in [5.74, 6) is 0.651. The molecule has 1 aliphatic rings. The van der Waals surface area contributed by atoms with E-state index in [9.17, 15) is 4.79 Å². The molecule has 0 saturated heterocycles. The number of carbonyl (C=O) groups excluding carboxylic acids is 1. The van der Waals surface area contributed by atoms with Gasteiger partial charge in [0.2, 0.25) is 5.91 Å². The smallest absolute Gasteiger partial charge is 0.244 e. The van der Waals surface area contributed by atoms with Crippen LogP contribution in [0.5, 0.6) is 5.75 Å². The fourth-order valence-corrected chi connectivity index (χ4v) is 2.72. The van der Waals surface area contributed by atoms with E-state index >= 15 is 0 Å². The Morgan fingerprint density at radius 3 is 2.57 bits per heavy atom. The number of halogens is 1. The van der Waals surface area contributed by atoms with Crippen molar-refractivity contribution in [1.29, 1.82) is 0 Å². The van der Waals surface area contributed by atoms with Gasteiger partial charge in [0.25, 0.3) is 0 Å². The zero-order valence-corrected chi connectivity index (χ0v) is 13.8. The van der Waals surface area contributed by atoms with Gasteiger partial charge >= 0.3 is 0 Å². The third kappa shape index (κ3) is 3.49. The van der Waals surface area contributed by atoms with E-state index in [4.69, 9.17) is 10.5 Å². The second kappa shape index (κ2) is 7.02. The Bertz CT molecular complexity index is 674. The third-order valence-electron chi connectivity index (χ3n) is 4.11. The highest BCUT2D eigenvalue weighted by Gasteiger charge is 2.33. The minimum Gasteiger partial charge on any atom is -0.493 e. The van der Waals surface area contributed by atoms with E-state index in [2.05, 4.69) is 5.32 Å². The van der Waals surface area contributed by atoms with E-state index in [1.54, 1.807) is 6.92 Å². The van der Waals surface area contributed by atoms with Gasteiger partial charge in [0.05, 0.1) is 12.6 Å². The lowest BCUT2D eigenvalue weighted by molar-refractivity contribution is -0.127. The molecule has 3 rings (SSSR count). The van der Waals surface area contributed by atoms with E-state index in [1.165, 1.54) is 0 Å². The lowest BCUT2D eigenvalue weighted by Crippen LogP contribution is -2.50. The second-order valence-corrected chi connectivity index (χ2v) is 5.77. The highest BCUT2D eigenvalue weighted by Crippen LogP contribution is 2.32. The van der Waals surface area contributed by atoms with Crippen LogP contribution < -0.4 is 15.8 Å². The van der Waals surface area contributed by atoms with E-state index in [1.807, 2.05) is 54.6 Å². The molecule has 0 saturated carbocycles. The zero-order chi connectivity index (χ0) is 15.6. The Hall–Kier alpha value is -2.04. The first-order chi connectivity index (χ1) is 10.6.